The smallest absolute Gasteiger partial charge is 0.161 e. The lowest BCUT2D eigenvalue weighted by Crippen LogP contribution is -2.06. The lowest BCUT2D eigenvalue weighted by Gasteiger charge is -2.14. The topological polar surface area (TPSA) is 44.2 Å². The van der Waals surface area contributed by atoms with Crippen molar-refractivity contribution in [2.24, 2.45) is 5.92 Å². The van der Waals surface area contributed by atoms with Crippen LogP contribution in [0.1, 0.15) is 20.8 Å². The molecule has 112 valence electrons. The molecule has 1 heterocycles. The van der Waals surface area contributed by atoms with Crippen molar-refractivity contribution in [1.82, 2.24) is 10.2 Å². The van der Waals surface area contributed by atoms with Gasteiger partial charge in [0.15, 0.2) is 16.7 Å². The van der Waals surface area contributed by atoms with E-state index in [1.807, 2.05) is 31.2 Å². The van der Waals surface area contributed by atoms with E-state index in [0.717, 1.165) is 22.8 Å². The molecular formula is C16H19ClN2O2. The first-order valence-corrected chi connectivity index (χ1v) is 7.37. The molecule has 0 fully saturated rings. The zero-order chi connectivity index (χ0) is 15.2. The van der Waals surface area contributed by atoms with Crippen molar-refractivity contribution in [3.05, 3.63) is 35.5 Å². The third-order valence-corrected chi connectivity index (χ3v) is 2.95. The van der Waals surface area contributed by atoms with Crippen molar-refractivity contribution in [2.45, 2.75) is 20.8 Å². The van der Waals surface area contributed by atoms with Crippen LogP contribution in [0.3, 0.4) is 0 Å². The maximum Gasteiger partial charge on any atom is 0.161 e. The molecule has 0 saturated carbocycles. The standard InChI is InChI=1S/C16H19ClN2O2/c1-4-20-14-7-5-12(9-15(14)21-10-11(2)3)13-6-8-16(17)19-18-13/h5-9,11H,4,10H2,1-3H3. The minimum atomic E-state index is 0.376. The van der Waals surface area contributed by atoms with Crippen LogP contribution in [-0.4, -0.2) is 23.4 Å². The molecular weight excluding hydrogens is 288 g/mol. The van der Waals surface area contributed by atoms with Crippen LogP contribution >= 0.6 is 11.6 Å². The normalized spacial score (nSPS) is 10.7. The van der Waals surface area contributed by atoms with Gasteiger partial charge in [0, 0.05) is 5.56 Å². The van der Waals surface area contributed by atoms with Gasteiger partial charge >= 0.3 is 0 Å². The molecule has 21 heavy (non-hydrogen) atoms. The molecule has 0 N–H and O–H groups in total. The summed E-state index contributed by atoms with van der Waals surface area (Å²) in [7, 11) is 0. The van der Waals surface area contributed by atoms with E-state index in [2.05, 4.69) is 24.0 Å². The predicted molar refractivity (Wildman–Crippen MR) is 84.0 cm³/mol. The molecule has 2 aromatic rings. The van der Waals surface area contributed by atoms with E-state index in [1.54, 1.807) is 6.07 Å². The summed E-state index contributed by atoms with van der Waals surface area (Å²) < 4.78 is 11.4. The van der Waals surface area contributed by atoms with Crippen molar-refractivity contribution in [1.29, 1.82) is 0 Å². The SMILES string of the molecule is CCOc1ccc(-c2ccc(Cl)nn2)cc1OCC(C)C. The fourth-order valence-corrected chi connectivity index (χ4v) is 1.88. The second-order valence-electron chi connectivity index (χ2n) is 5.04. The maximum atomic E-state index is 5.84. The van der Waals surface area contributed by atoms with Crippen molar-refractivity contribution >= 4 is 11.6 Å². The van der Waals surface area contributed by atoms with E-state index in [0.29, 0.717) is 24.3 Å². The molecule has 2 rings (SSSR count). The van der Waals surface area contributed by atoms with Gasteiger partial charge in [0.25, 0.3) is 0 Å². The highest BCUT2D eigenvalue weighted by atomic mass is 35.5. The molecule has 4 nitrogen and oxygen atoms in total. The number of aromatic nitrogens is 2. The van der Waals surface area contributed by atoms with Gasteiger partial charge in [0.2, 0.25) is 0 Å². The Kier molecular flexibility index (Phi) is 5.39. The predicted octanol–water partition coefficient (Wildman–Crippen LogP) is 4.23. The minimum absolute atomic E-state index is 0.376. The van der Waals surface area contributed by atoms with Gasteiger partial charge in [0.1, 0.15) is 0 Å². The lowest BCUT2D eigenvalue weighted by atomic mass is 10.1. The van der Waals surface area contributed by atoms with E-state index in [4.69, 9.17) is 21.1 Å². The molecule has 1 aromatic carbocycles. The van der Waals surface area contributed by atoms with Crippen LogP contribution in [0.2, 0.25) is 5.15 Å². The summed E-state index contributed by atoms with van der Waals surface area (Å²) in [4.78, 5) is 0. The first-order chi connectivity index (χ1) is 10.1. The average Bonchev–Trinajstić information content (AvgIpc) is 2.47. The minimum Gasteiger partial charge on any atom is -0.490 e. The third kappa shape index (κ3) is 4.33. The van der Waals surface area contributed by atoms with E-state index in [9.17, 15) is 0 Å². The van der Waals surface area contributed by atoms with Crippen LogP contribution in [0, 0.1) is 5.92 Å². The largest absolute Gasteiger partial charge is 0.490 e. The maximum absolute atomic E-state index is 5.84. The Balaban J connectivity index is 2.30. The number of benzene rings is 1. The molecule has 0 amide bonds. The summed E-state index contributed by atoms with van der Waals surface area (Å²) in [5.41, 5.74) is 1.67. The number of rotatable bonds is 6. The van der Waals surface area contributed by atoms with Gasteiger partial charge in [-0.25, -0.2) is 0 Å². The first kappa shape index (κ1) is 15.6. The first-order valence-electron chi connectivity index (χ1n) is 6.99. The highest BCUT2D eigenvalue weighted by molar-refractivity contribution is 6.29. The highest BCUT2D eigenvalue weighted by Gasteiger charge is 2.10. The highest BCUT2D eigenvalue weighted by Crippen LogP contribution is 2.32. The summed E-state index contributed by atoms with van der Waals surface area (Å²) in [5, 5.41) is 8.32. The summed E-state index contributed by atoms with van der Waals surface area (Å²) in [6.07, 6.45) is 0. The van der Waals surface area contributed by atoms with Gasteiger partial charge in [-0.15, -0.1) is 10.2 Å². The molecule has 0 atom stereocenters. The van der Waals surface area contributed by atoms with Crippen molar-refractivity contribution in [3.63, 3.8) is 0 Å². The number of ether oxygens (including phenoxy) is 2. The molecule has 0 aliphatic heterocycles. The number of nitrogens with zero attached hydrogens (tertiary/aromatic N) is 2. The van der Waals surface area contributed by atoms with Gasteiger partial charge in [0.05, 0.1) is 18.9 Å². The molecule has 0 aliphatic carbocycles. The van der Waals surface area contributed by atoms with Crippen LogP contribution in [0.15, 0.2) is 30.3 Å². The molecule has 0 spiro atoms. The van der Waals surface area contributed by atoms with Crippen LogP contribution in [0.25, 0.3) is 11.3 Å². The van der Waals surface area contributed by atoms with Gasteiger partial charge in [-0.3, -0.25) is 0 Å². The fourth-order valence-electron chi connectivity index (χ4n) is 1.78. The van der Waals surface area contributed by atoms with E-state index in [-0.39, 0.29) is 0 Å². The molecule has 1 aromatic heterocycles. The van der Waals surface area contributed by atoms with Crippen molar-refractivity contribution < 1.29 is 9.47 Å². The molecule has 0 aliphatic rings. The average molecular weight is 307 g/mol. The van der Waals surface area contributed by atoms with Crippen molar-refractivity contribution in [2.75, 3.05) is 13.2 Å². The molecule has 0 bridgehead atoms. The molecule has 0 radical (unpaired) electrons. The molecule has 5 heteroatoms. The Labute approximate surface area is 130 Å². The zero-order valence-electron chi connectivity index (χ0n) is 12.5. The number of hydrogen-bond acceptors (Lipinski definition) is 4. The molecule has 0 saturated heterocycles. The van der Waals surface area contributed by atoms with E-state index < -0.39 is 0 Å². The monoisotopic (exact) mass is 306 g/mol. The Morgan fingerprint density at radius 3 is 2.48 bits per heavy atom. The zero-order valence-corrected chi connectivity index (χ0v) is 13.2. The van der Waals surface area contributed by atoms with Crippen LogP contribution in [-0.2, 0) is 0 Å². The van der Waals surface area contributed by atoms with Crippen LogP contribution < -0.4 is 9.47 Å². The third-order valence-electron chi connectivity index (χ3n) is 2.74. The van der Waals surface area contributed by atoms with E-state index >= 15 is 0 Å². The summed E-state index contributed by atoms with van der Waals surface area (Å²) >= 11 is 5.76. The second-order valence-corrected chi connectivity index (χ2v) is 5.43. The summed E-state index contributed by atoms with van der Waals surface area (Å²) in [6.45, 7) is 7.39. The van der Waals surface area contributed by atoms with Crippen molar-refractivity contribution in [3.8, 4) is 22.8 Å². The summed E-state index contributed by atoms with van der Waals surface area (Å²) in [5.74, 6) is 1.90. The Hall–Kier alpha value is -1.81. The summed E-state index contributed by atoms with van der Waals surface area (Å²) in [6, 6.07) is 9.30. The van der Waals surface area contributed by atoms with E-state index in [1.165, 1.54) is 0 Å². The Morgan fingerprint density at radius 2 is 1.86 bits per heavy atom. The Morgan fingerprint density at radius 1 is 1.05 bits per heavy atom. The quantitative estimate of drug-likeness (QED) is 0.801. The van der Waals surface area contributed by atoms with Gasteiger partial charge in [-0.2, -0.15) is 0 Å². The lowest BCUT2D eigenvalue weighted by molar-refractivity contribution is 0.248. The Bertz CT molecular complexity index is 585. The van der Waals surface area contributed by atoms with Gasteiger partial charge in [-0.05, 0) is 43.2 Å². The van der Waals surface area contributed by atoms with Gasteiger partial charge in [-0.1, -0.05) is 25.4 Å². The molecule has 0 unspecified atom stereocenters. The number of hydrogen-bond donors (Lipinski definition) is 0. The number of halogens is 1. The van der Waals surface area contributed by atoms with Crippen LogP contribution in [0.5, 0.6) is 11.5 Å². The van der Waals surface area contributed by atoms with Gasteiger partial charge < -0.3 is 9.47 Å². The fraction of sp³-hybridized carbons (Fsp3) is 0.375. The van der Waals surface area contributed by atoms with Crippen LogP contribution in [0.4, 0.5) is 0 Å². The second kappa shape index (κ2) is 7.27.